The van der Waals surface area contributed by atoms with Crippen LogP contribution < -0.4 is 16.4 Å². The average Bonchev–Trinajstić information content (AvgIpc) is 2.25. The van der Waals surface area contributed by atoms with Gasteiger partial charge in [0.1, 0.15) is 0 Å². The zero-order chi connectivity index (χ0) is 12.6. The van der Waals surface area contributed by atoms with Gasteiger partial charge in [-0.05, 0) is 0 Å². The first-order valence-corrected chi connectivity index (χ1v) is 4.79. The summed E-state index contributed by atoms with van der Waals surface area (Å²) >= 11 is 4.51. The average molecular weight is 247 g/mol. The van der Waals surface area contributed by atoms with Crippen molar-refractivity contribution in [3.63, 3.8) is 0 Å². The molecule has 0 spiro atoms. The van der Waals surface area contributed by atoms with Gasteiger partial charge in [-0.15, -0.1) is 0 Å². The van der Waals surface area contributed by atoms with Crippen LogP contribution in [0.25, 0.3) is 0 Å². The van der Waals surface area contributed by atoms with Crippen molar-refractivity contribution in [2.75, 3.05) is 20.2 Å². The number of thiocarbonyl (C=S) groups is 1. The molecule has 0 rings (SSSR count). The predicted molar refractivity (Wildman–Crippen MR) is 59.4 cm³/mol. The summed E-state index contributed by atoms with van der Waals surface area (Å²) < 4.78 is 4.35. The van der Waals surface area contributed by atoms with Crippen molar-refractivity contribution in [1.29, 1.82) is 0 Å². The Kier molecular flexibility index (Phi) is 6.77. The van der Waals surface area contributed by atoms with Gasteiger partial charge in [-0.25, -0.2) is 0 Å². The smallest absolute Gasteiger partial charge is 0.309 e. The number of carbonyl (C=O) groups is 3. The maximum absolute atomic E-state index is 11.1. The van der Waals surface area contributed by atoms with Crippen LogP contribution in [0, 0.1) is 0 Å². The second-order valence-corrected chi connectivity index (χ2v) is 3.26. The van der Waals surface area contributed by atoms with Gasteiger partial charge in [0.25, 0.3) is 0 Å². The molecule has 0 unspecified atom stereocenters. The quantitative estimate of drug-likeness (QED) is 0.296. The number of esters is 1. The maximum atomic E-state index is 11.1. The Hall–Kier alpha value is -1.70. The lowest BCUT2D eigenvalue weighted by Crippen LogP contribution is -2.43. The van der Waals surface area contributed by atoms with Crippen LogP contribution in [0.5, 0.6) is 0 Å². The lowest BCUT2D eigenvalue weighted by atomic mass is 10.4. The van der Waals surface area contributed by atoms with E-state index in [-0.39, 0.29) is 24.5 Å². The zero-order valence-corrected chi connectivity index (χ0v) is 9.56. The molecule has 0 aliphatic heterocycles. The third-order valence-electron chi connectivity index (χ3n) is 1.47. The summed E-state index contributed by atoms with van der Waals surface area (Å²) in [5, 5.41) is 4.44. The highest BCUT2D eigenvalue weighted by atomic mass is 32.1. The first-order chi connectivity index (χ1) is 7.47. The molecule has 0 aliphatic rings. The van der Waals surface area contributed by atoms with Gasteiger partial charge in [0.05, 0.1) is 25.1 Å². The van der Waals surface area contributed by atoms with Crippen molar-refractivity contribution in [3.8, 4) is 0 Å². The van der Waals surface area contributed by atoms with Crippen molar-refractivity contribution < 1.29 is 19.1 Å². The van der Waals surface area contributed by atoms with Crippen LogP contribution in [-0.2, 0) is 19.1 Å². The number of methoxy groups -OCH3 is 1. The summed E-state index contributed by atoms with van der Waals surface area (Å²) in [6, 6.07) is 0. The Morgan fingerprint density at radius 3 is 2.31 bits per heavy atom. The van der Waals surface area contributed by atoms with Gasteiger partial charge in [-0.3, -0.25) is 14.4 Å². The van der Waals surface area contributed by atoms with E-state index < -0.39 is 17.8 Å². The molecule has 90 valence electrons. The van der Waals surface area contributed by atoms with Crippen LogP contribution in [-0.4, -0.2) is 43.0 Å². The van der Waals surface area contributed by atoms with E-state index in [9.17, 15) is 14.4 Å². The molecule has 0 aliphatic carbocycles. The minimum atomic E-state index is -0.849. The second kappa shape index (κ2) is 7.57. The molecule has 0 aromatic heterocycles. The number of hydrogen-bond donors (Lipinski definition) is 3. The first-order valence-electron chi connectivity index (χ1n) is 4.38. The second-order valence-electron chi connectivity index (χ2n) is 2.73. The number of carbonyl (C=O) groups excluding carboxylic acids is 3. The number of rotatable bonds is 5. The minimum Gasteiger partial charge on any atom is -0.469 e. The van der Waals surface area contributed by atoms with Gasteiger partial charge >= 0.3 is 17.8 Å². The molecule has 0 radical (unpaired) electrons. The molecule has 7 nitrogen and oxygen atoms in total. The van der Waals surface area contributed by atoms with E-state index in [1.54, 1.807) is 0 Å². The van der Waals surface area contributed by atoms with E-state index in [1.165, 1.54) is 7.11 Å². The van der Waals surface area contributed by atoms with E-state index in [0.29, 0.717) is 0 Å². The molecule has 2 amide bonds. The molecule has 4 N–H and O–H groups in total. The summed E-state index contributed by atoms with van der Waals surface area (Å²) in [6.07, 6.45) is 0.00478. The molecule has 0 saturated heterocycles. The SMILES string of the molecule is COC(=O)CCNC(=O)C(=O)NCC(N)=S. The monoisotopic (exact) mass is 247 g/mol. The fourth-order valence-corrected chi connectivity index (χ4v) is 0.780. The Balaban J connectivity index is 3.75. The Morgan fingerprint density at radius 1 is 1.25 bits per heavy atom. The Labute approximate surface area is 97.7 Å². The fourth-order valence-electron chi connectivity index (χ4n) is 0.708. The zero-order valence-electron chi connectivity index (χ0n) is 8.74. The highest BCUT2D eigenvalue weighted by Crippen LogP contribution is 1.81. The van der Waals surface area contributed by atoms with E-state index >= 15 is 0 Å². The molecule has 0 aromatic rings. The largest absolute Gasteiger partial charge is 0.469 e. The van der Waals surface area contributed by atoms with Crippen LogP contribution in [0.4, 0.5) is 0 Å². The molecular weight excluding hydrogens is 234 g/mol. The molecule has 0 fully saturated rings. The summed E-state index contributed by atoms with van der Waals surface area (Å²) in [5.41, 5.74) is 5.12. The van der Waals surface area contributed by atoms with Gasteiger partial charge in [0.15, 0.2) is 0 Å². The predicted octanol–water partition coefficient (Wildman–Crippen LogP) is -1.93. The van der Waals surface area contributed by atoms with Gasteiger partial charge in [-0.1, -0.05) is 12.2 Å². The number of hydrogen-bond acceptors (Lipinski definition) is 5. The number of ether oxygens (including phenoxy) is 1. The Morgan fingerprint density at radius 2 is 1.81 bits per heavy atom. The summed E-state index contributed by atoms with van der Waals surface area (Å²) in [7, 11) is 1.24. The molecular formula is C8H13N3O4S. The van der Waals surface area contributed by atoms with Crippen LogP contribution in [0.2, 0.25) is 0 Å². The molecule has 0 saturated carbocycles. The first kappa shape index (κ1) is 14.3. The topological polar surface area (TPSA) is 111 Å². The maximum Gasteiger partial charge on any atom is 0.309 e. The van der Waals surface area contributed by atoms with Gasteiger partial charge < -0.3 is 21.1 Å². The van der Waals surface area contributed by atoms with Gasteiger partial charge in [0, 0.05) is 6.54 Å². The van der Waals surface area contributed by atoms with Crippen molar-refractivity contribution in [2.24, 2.45) is 5.73 Å². The molecule has 0 heterocycles. The summed E-state index contributed by atoms with van der Waals surface area (Å²) in [6.45, 7) is -0.00934. The molecule has 0 bridgehead atoms. The van der Waals surface area contributed by atoms with Crippen LogP contribution >= 0.6 is 12.2 Å². The van der Waals surface area contributed by atoms with Crippen molar-refractivity contribution in [2.45, 2.75) is 6.42 Å². The van der Waals surface area contributed by atoms with Crippen molar-refractivity contribution >= 4 is 35.0 Å². The van der Waals surface area contributed by atoms with E-state index in [2.05, 4.69) is 27.6 Å². The molecule has 0 aromatic carbocycles. The van der Waals surface area contributed by atoms with E-state index in [0.717, 1.165) is 0 Å². The van der Waals surface area contributed by atoms with Crippen LogP contribution in [0.1, 0.15) is 6.42 Å². The number of nitrogens with one attached hydrogen (secondary N) is 2. The van der Waals surface area contributed by atoms with Crippen molar-refractivity contribution in [3.05, 3.63) is 0 Å². The molecule has 8 heteroatoms. The van der Waals surface area contributed by atoms with E-state index in [1.807, 2.05) is 0 Å². The normalized spacial score (nSPS) is 9.06. The Bertz CT molecular complexity index is 306. The standard InChI is InChI=1S/C8H13N3O4S/c1-15-6(12)2-3-10-7(13)8(14)11-4-5(9)16/h2-4H2,1H3,(H2,9,16)(H,10,13)(H,11,14). The minimum absolute atomic E-state index is 0.00478. The highest BCUT2D eigenvalue weighted by Gasteiger charge is 2.12. The third kappa shape index (κ3) is 6.71. The van der Waals surface area contributed by atoms with Crippen LogP contribution in [0.3, 0.4) is 0 Å². The van der Waals surface area contributed by atoms with Crippen molar-refractivity contribution in [1.82, 2.24) is 10.6 Å². The lowest BCUT2D eigenvalue weighted by Gasteiger charge is -2.04. The summed E-state index contributed by atoms with van der Waals surface area (Å²) in [4.78, 5) is 32.9. The molecule has 16 heavy (non-hydrogen) atoms. The number of amides is 2. The highest BCUT2D eigenvalue weighted by molar-refractivity contribution is 7.80. The molecule has 0 atom stereocenters. The lowest BCUT2D eigenvalue weighted by molar-refractivity contribution is -0.141. The van der Waals surface area contributed by atoms with E-state index in [4.69, 9.17) is 5.73 Å². The summed E-state index contributed by atoms with van der Waals surface area (Å²) in [5.74, 6) is -2.17. The van der Waals surface area contributed by atoms with Gasteiger partial charge in [-0.2, -0.15) is 0 Å². The third-order valence-corrected chi connectivity index (χ3v) is 1.62. The van der Waals surface area contributed by atoms with Gasteiger partial charge in [0.2, 0.25) is 0 Å². The fraction of sp³-hybridized carbons (Fsp3) is 0.500. The number of nitrogens with two attached hydrogens (primary N) is 1. The van der Waals surface area contributed by atoms with Crippen LogP contribution in [0.15, 0.2) is 0 Å².